The van der Waals surface area contributed by atoms with Crippen molar-refractivity contribution in [2.24, 2.45) is 0 Å². The maximum Gasteiger partial charge on any atom is 0.251 e. The molecule has 0 spiro atoms. The van der Waals surface area contributed by atoms with Gasteiger partial charge in [-0.05, 0) is 55.5 Å². The highest BCUT2D eigenvalue weighted by Crippen LogP contribution is 2.18. The number of hydrogen-bond acceptors (Lipinski definition) is 5. The number of aryl methyl sites for hydroxylation is 1. The number of carbonyl (C=O) groups excluding carboxylic acids is 1. The van der Waals surface area contributed by atoms with Crippen molar-refractivity contribution in [3.05, 3.63) is 51.7 Å². The van der Waals surface area contributed by atoms with Crippen LogP contribution in [0.4, 0.5) is 5.69 Å². The average molecular weight is 344 g/mol. The van der Waals surface area contributed by atoms with Crippen molar-refractivity contribution in [3.63, 3.8) is 0 Å². The molecule has 1 aromatic carbocycles. The van der Waals surface area contributed by atoms with Crippen molar-refractivity contribution in [2.45, 2.75) is 38.9 Å². The van der Waals surface area contributed by atoms with Crippen molar-refractivity contribution in [3.8, 4) is 0 Å². The predicted molar refractivity (Wildman–Crippen MR) is 99.3 cm³/mol. The van der Waals surface area contributed by atoms with Gasteiger partial charge in [0, 0.05) is 41.3 Å². The van der Waals surface area contributed by atoms with E-state index in [2.05, 4.69) is 46.8 Å². The quantitative estimate of drug-likeness (QED) is 0.650. The van der Waals surface area contributed by atoms with Crippen molar-refractivity contribution in [2.75, 3.05) is 11.9 Å². The number of nitrogens with one attached hydrogen (secondary N) is 4. The Morgan fingerprint density at radius 3 is 2.92 bits per heavy atom. The van der Waals surface area contributed by atoms with Crippen LogP contribution >= 0.6 is 11.3 Å². The predicted octanol–water partition coefficient (Wildman–Crippen LogP) is 2.65. The van der Waals surface area contributed by atoms with Gasteiger partial charge in [0.2, 0.25) is 0 Å². The number of carbonyl (C=O) groups is 1. The van der Waals surface area contributed by atoms with Crippen molar-refractivity contribution in [1.29, 1.82) is 0 Å². The number of amides is 1. The van der Waals surface area contributed by atoms with Crippen LogP contribution < -0.4 is 21.5 Å². The standard InChI is InChI=1S/C18H24N4OS/c1-12-6-7-24-17(12)11-19-15-5-3-4-14(9-15)18(23)20-10-16-8-13(2)21-22-16/h3-7,9,13,16,19,21-22H,8,10-11H2,1-2H3,(H,20,23). The molecule has 1 fully saturated rings. The fourth-order valence-electron chi connectivity index (χ4n) is 2.79. The van der Waals surface area contributed by atoms with Crippen molar-refractivity contribution >= 4 is 22.9 Å². The lowest BCUT2D eigenvalue weighted by Crippen LogP contribution is -2.40. The first kappa shape index (κ1) is 17.0. The minimum atomic E-state index is -0.0349. The lowest BCUT2D eigenvalue weighted by molar-refractivity contribution is 0.0950. The second kappa shape index (κ2) is 7.79. The van der Waals surface area contributed by atoms with Crippen LogP contribution in [0.1, 0.15) is 34.1 Å². The Bertz CT molecular complexity index is 700. The molecule has 128 valence electrons. The summed E-state index contributed by atoms with van der Waals surface area (Å²) >= 11 is 1.75. The van der Waals surface area contributed by atoms with Crippen LogP contribution in [0, 0.1) is 6.92 Å². The second-order valence-electron chi connectivity index (χ2n) is 6.29. The summed E-state index contributed by atoms with van der Waals surface area (Å²) in [5.74, 6) is -0.0349. The van der Waals surface area contributed by atoms with Crippen molar-refractivity contribution in [1.82, 2.24) is 16.2 Å². The summed E-state index contributed by atoms with van der Waals surface area (Å²) in [5, 5.41) is 8.49. The molecule has 2 heterocycles. The SMILES string of the molecule is Cc1ccsc1CNc1cccc(C(=O)NCC2CC(C)NN2)c1. The molecule has 2 atom stereocenters. The molecule has 2 aromatic rings. The smallest absolute Gasteiger partial charge is 0.251 e. The van der Waals surface area contributed by atoms with Gasteiger partial charge in [-0.2, -0.15) is 0 Å². The van der Waals surface area contributed by atoms with E-state index in [4.69, 9.17) is 0 Å². The Morgan fingerprint density at radius 1 is 1.33 bits per heavy atom. The molecule has 0 bridgehead atoms. The first-order chi connectivity index (χ1) is 11.6. The van der Waals surface area contributed by atoms with Gasteiger partial charge in [-0.15, -0.1) is 11.3 Å². The van der Waals surface area contributed by atoms with Crippen LogP contribution in [-0.2, 0) is 6.54 Å². The molecule has 1 aromatic heterocycles. The molecular formula is C18H24N4OS. The summed E-state index contributed by atoms with van der Waals surface area (Å²) in [6.07, 6.45) is 1.02. The van der Waals surface area contributed by atoms with E-state index < -0.39 is 0 Å². The minimum absolute atomic E-state index is 0.0349. The summed E-state index contributed by atoms with van der Waals surface area (Å²) in [6.45, 7) is 5.65. The fourth-order valence-corrected chi connectivity index (χ4v) is 3.64. The first-order valence-electron chi connectivity index (χ1n) is 8.28. The molecule has 1 saturated heterocycles. The zero-order valence-electron chi connectivity index (χ0n) is 14.1. The van der Waals surface area contributed by atoms with E-state index in [1.54, 1.807) is 11.3 Å². The highest BCUT2D eigenvalue weighted by Gasteiger charge is 2.20. The lowest BCUT2D eigenvalue weighted by Gasteiger charge is -2.12. The van der Waals surface area contributed by atoms with E-state index in [0.29, 0.717) is 18.2 Å². The third kappa shape index (κ3) is 4.35. The van der Waals surface area contributed by atoms with Gasteiger partial charge in [0.05, 0.1) is 0 Å². The summed E-state index contributed by atoms with van der Waals surface area (Å²) in [7, 11) is 0. The number of anilines is 1. The zero-order valence-corrected chi connectivity index (χ0v) is 14.9. The third-order valence-electron chi connectivity index (χ3n) is 4.23. The van der Waals surface area contributed by atoms with Gasteiger partial charge in [-0.3, -0.25) is 15.6 Å². The first-order valence-corrected chi connectivity index (χ1v) is 9.16. The largest absolute Gasteiger partial charge is 0.380 e. The second-order valence-corrected chi connectivity index (χ2v) is 7.29. The summed E-state index contributed by atoms with van der Waals surface area (Å²) < 4.78 is 0. The molecule has 4 N–H and O–H groups in total. The molecule has 0 radical (unpaired) electrons. The van der Waals surface area contributed by atoms with Crippen LogP contribution in [0.5, 0.6) is 0 Å². The van der Waals surface area contributed by atoms with E-state index >= 15 is 0 Å². The summed E-state index contributed by atoms with van der Waals surface area (Å²) in [5.41, 5.74) is 9.30. The summed E-state index contributed by atoms with van der Waals surface area (Å²) in [6, 6.07) is 10.5. The van der Waals surface area contributed by atoms with Gasteiger partial charge >= 0.3 is 0 Å². The number of hydrogen-bond donors (Lipinski definition) is 4. The Balaban J connectivity index is 1.54. The Morgan fingerprint density at radius 2 is 2.21 bits per heavy atom. The number of thiophene rings is 1. The molecular weight excluding hydrogens is 320 g/mol. The van der Waals surface area contributed by atoms with Crippen LogP contribution in [0.2, 0.25) is 0 Å². The molecule has 5 nitrogen and oxygen atoms in total. The zero-order chi connectivity index (χ0) is 16.9. The monoisotopic (exact) mass is 344 g/mol. The average Bonchev–Trinajstić information content (AvgIpc) is 3.19. The van der Waals surface area contributed by atoms with Gasteiger partial charge in [-0.1, -0.05) is 6.07 Å². The number of benzene rings is 1. The van der Waals surface area contributed by atoms with E-state index in [1.165, 1.54) is 10.4 Å². The van der Waals surface area contributed by atoms with E-state index in [-0.39, 0.29) is 11.9 Å². The molecule has 3 rings (SSSR count). The maximum absolute atomic E-state index is 12.3. The Hall–Kier alpha value is -1.89. The highest BCUT2D eigenvalue weighted by atomic mass is 32.1. The number of rotatable bonds is 6. The van der Waals surface area contributed by atoms with Crippen LogP contribution in [0.3, 0.4) is 0 Å². The third-order valence-corrected chi connectivity index (χ3v) is 5.25. The molecule has 2 unspecified atom stereocenters. The summed E-state index contributed by atoms with van der Waals surface area (Å²) in [4.78, 5) is 13.7. The van der Waals surface area contributed by atoms with Crippen LogP contribution in [0.15, 0.2) is 35.7 Å². The molecule has 1 amide bonds. The molecule has 0 aliphatic carbocycles. The van der Waals surface area contributed by atoms with Gasteiger partial charge < -0.3 is 10.6 Å². The van der Waals surface area contributed by atoms with Crippen LogP contribution in [0.25, 0.3) is 0 Å². The van der Waals surface area contributed by atoms with Crippen molar-refractivity contribution < 1.29 is 4.79 Å². The molecule has 0 saturated carbocycles. The van der Waals surface area contributed by atoms with Gasteiger partial charge in [0.1, 0.15) is 0 Å². The maximum atomic E-state index is 12.3. The highest BCUT2D eigenvalue weighted by molar-refractivity contribution is 7.10. The fraction of sp³-hybridized carbons (Fsp3) is 0.389. The molecule has 24 heavy (non-hydrogen) atoms. The normalized spacial score (nSPS) is 20.1. The lowest BCUT2D eigenvalue weighted by atomic mass is 10.1. The van der Waals surface area contributed by atoms with E-state index in [1.807, 2.05) is 24.3 Å². The molecule has 6 heteroatoms. The van der Waals surface area contributed by atoms with E-state index in [0.717, 1.165) is 18.7 Å². The number of hydrazine groups is 1. The van der Waals surface area contributed by atoms with E-state index in [9.17, 15) is 4.79 Å². The topological polar surface area (TPSA) is 65.2 Å². The van der Waals surface area contributed by atoms with Gasteiger partial charge in [0.15, 0.2) is 0 Å². The van der Waals surface area contributed by atoms with Crippen LogP contribution in [-0.4, -0.2) is 24.5 Å². The molecule has 1 aliphatic rings. The Labute approximate surface area is 146 Å². The Kier molecular flexibility index (Phi) is 5.50. The minimum Gasteiger partial charge on any atom is -0.380 e. The van der Waals surface area contributed by atoms with Gasteiger partial charge in [-0.25, -0.2) is 0 Å². The van der Waals surface area contributed by atoms with Gasteiger partial charge in [0.25, 0.3) is 5.91 Å². The molecule has 1 aliphatic heterocycles.